The van der Waals surface area contributed by atoms with Crippen molar-refractivity contribution in [2.45, 2.75) is 46.1 Å². The van der Waals surface area contributed by atoms with E-state index in [4.69, 9.17) is 0 Å². The van der Waals surface area contributed by atoms with E-state index < -0.39 is 0 Å². The Kier molecular flexibility index (Phi) is 4.14. The summed E-state index contributed by atoms with van der Waals surface area (Å²) < 4.78 is 0. The number of piperazine rings is 1. The highest BCUT2D eigenvalue weighted by Gasteiger charge is 2.29. The SMILES string of the molecule is CCC(=O)N1CCN(C(C)(C)CC)CC1. The molecular formula is C12H24N2O. The van der Waals surface area contributed by atoms with Gasteiger partial charge in [-0.3, -0.25) is 9.69 Å². The maximum Gasteiger partial charge on any atom is 0.222 e. The fourth-order valence-electron chi connectivity index (χ4n) is 2.01. The predicted octanol–water partition coefficient (Wildman–Crippen LogP) is 1.73. The van der Waals surface area contributed by atoms with Crippen molar-refractivity contribution in [3.05, 3.63) is 0 Å². The highest BCUT2D eigenvalue weighted by molar-refractivity contribution is 5.75. The van der Waals surface area contributed by atoms with Crippen molar-refractivity contribution in [1.29, 1.82) is 0 Å². The van der Waals surface area contributed by atoms with Gasteiger partial charge in [0.05, 0.1) is 0 Å². The molecule has 0 N–H and O–H groups in total. The molecule has 1 fully saturated rings. The van der Waals surface area contributed by atoms with Crippen LogP contribution in [0.25, 0.3) is 0 Å². The Morgan fingerprint density at radius 3 is 2.07 bits per heavy atom. The fraction of sp³-hybridized carbons (Fsp3) is 0.917. The zero-order valence-corrected chi connectivity index (χ0v) is 10.5. The van der Waals surface area contributed by atoms with Gasteiger partial charge in [0.25, 0.3) is 0 Å². The second kappa shape index (κ2) is 4.97. The minimum absolute atomic E-state index is 0.279. The monoisotopic (exact) mass is 212 g/mol. The third-order valence-electron chi connectivity index (χ3n) is 3.66. The summed E-state index contributed by atoms with van der Waals surface area (Å²) in [6.45, 7) is 12.6. The lowest BCUT2D eigenvalue weighted by Crippen LogP contribution is -2.55. The van der Waals surface area contributed by atoms with Gasteiger partial charge in [0.15, 0.2) is 0 Å². The van der Waals surface area contributed by atoms with Crippen LogP contribution in [-0.4, -0.2) is 47.4 Å². The van der Waals surface area contributed by atoms with Crippen LogP contribution in [0.3, 0.4) is 0 Å². The predicted molar refractivity (Wildman–Crippen MR) is 62.8 cm³/mol. The molecule has 3 heteroatoms. The van der Waals surface area contributed by atoms with E-state index in [1.54, 1.807) is 0 Å². The molecule has 88 valence electrons. The van der Waals surface area contributed by atoms with Gasteiger partial charge in [-0.1, -0.05) is 13.8 Å². The number of nitrogens with zero attached hydrogens (tertiary/aromatic N) is 2. The standard InChI is InChI=1S/C12H24N2O/c1-5-11(15)13-7-9-14(10-8-13)12(3,4)6-2/h5-10H2,1-4H3. The Morgan fingerprint density at radius 1 is 1.13 bits per heavy atom. The van der Waals surface area contributed by atoms with E-state index in [2.05, 4.69) is 25.7 Å². The molecule has 0 aromatic rings. The van der Waals surface area contributed by atoms with Crippen LogP contribution in [0.4, 0.5) is 0 Å². The van der Waals surface area contributed by atoms with Gasteiger partial charge in [0.2, 0.25) is 5.91 Å². The number of carbonyl (C=O) groups excluding carboxylic acids is 1. The molecule has 3 nitrogen and oxygen atoms in total. The van der Waals surface area contributed by atoms with Crippen LogP contribution in [0.1, 0.15) is 40.5 Å². The van der Waals surface area contributed by atoms with Crippen molar-refractivity contribution >= 4 is 5.91 Å². The summed E-state index contributed by atoms with van der Waals surface area (Å²) in [5.41, 5.74) is 0.279. The molecule has 1 saturated heterocycles. The Morgan fingerprint density at radius 2 is 1.67 bits per heavy atom. The van der Waals surface area contributed by atoms with Crippen molar-refractivity contribution in [1.82, 2.24) is 9.80 Å². The zero-order chi connectivity index (χ0) is 11.5. The van der Waals surface area contributed by atoms with Crippen molar-refractivity contribution < 1.29 is 4.79 Å². The van der Waals surface area contributed by atoms with Gasteiger partial charge in [0.1, 0.15) is 0 Å². The van der Waals surface area contributed by atoms with Gasteiger partial charge in [0, 0.05) is 38.1 Å². The molecule has 1 aliphatic rings. The molecule has 1 amide bonds. The quantitative estimate of drug-likeness (QED) is 0.711. The normalized spacial score (nSPS) is 19.3. The number of hydrogen-bond donors (Lipinski definition) is 0. The fourth-order valence-corrected chi connectivity index (χ4v) is 2.01. The van der Waals surface area contributed by atoms with Gasteiger partial charge in [-0.25, -0.2) is 0 Å². The van der Waals surface area contributed by atoms with E-state index in [-0.39, 0.29) is 5.54 Å². The van der Waals surface area contributed by atoms with Gasteiger partial charge >= 0.3 is 0 Å². The van der Waals surface area contributed by atoms with Crippen molar-refractivity contribution in [2.75, 3.05) is 26.2 Å². The third kappa shape index (κ3) is 2.94. The lowest BCUT2D eigenvalue weighted by molar-refractivity contribution is -0.133. The topological polar surface area (TPSA) is 23.6 Å². The largest absolute Gasteiger partial charge is 0.340 e. The Bertz CT molecular complexity index is 218. The lowest BCUT2D eigenvalue weighted by atomic mass is 9.98. The van der Waals surface area contributed by atoms with Crippen LogP contribution in [0.5, 0.6) is 0 Å². The molecule has 15 heavy (non-hydrogen) atoms. The molecule has 0 aromatic heterocycles. The maximum atomic E-state index is 11.5. The lowest BCUT2D eigenvalue weighted by Gasteiger charge is -2.43. The Labute approximate surface area is 93.4 Å². The Balaban J connectivity index is 2.46. The molecular weight excluding hydrogens is 188 g/mol. The van der Waals surface area contributed by atoms with Gasteiger partial charge in [-0.05, 0) is 20.3 Å². The summed E-state index contributed by atoms with van der Waals surface area (Å²) in [6, 6.07) is 0. The van der Waals surface area contributed by atoms with E-state index in [1.165, 1.54) is 0 Å². The first-order valence-electron chi connectivity index (χ1n) is 6.04. The van der Waals surface area contributed by atoms with Crippen molar-refractivity contribution in [2.24, 2.45) is 0 Å². The summed E-state index contributed by atoms with van der Waals surface area (Å²) in [6.07, 6.45) is 1.80. The van der Waals surface area contributed by atoms with Crippen LogP contribution >= 0.6 is 0 Å². The van der Waals surface area contributed by atoms with Crippen LogP contribution < -0.4 is 0 Å². The average Bonchev–Trinajstić information content (AvgIpc) is 2.28. The number of rotatable bonds is 3. The molecule has 1 rings (SSSR count). The molecule has 0 spiro atoms. The van der Waals surface area contributed by atoms with E-state index in [0.717, 1.165) is 32.6 Å². The highest BCUT2D eigenvalue weighted by atomic mass is 16.2. The molecule has 1 aliphatic heterocycles. The molecule has 0 aliphatic carbocycles. The molecule has 0 unspecified atom stereocenters. The van der Waals surface area contributed by atoms with Crippen LogP contribution in [0.15, 0.2) is 0 Å². The third-order valence-corrected chi connectivity index (χ3v) is 3.66. The number of amides is 1. The van der Waals surface area contributed by atoms with Gasteiger partial charge in [-0.2, -0.15) is 0 Å². The highest BCUT2D eigenvalue weighted by Crippen LogP contribution is 2.20. The second-order valence-corrected chi connectivity index (χ2v) is 4.89. The van der Waals surface area contributed by atoms with E-state index in [1.807, 2.05) is 11.8 Å². The van der Waals surface area contributed by atoms with Crippen molar-refractivity contribution in [3.8, 4) is 0 Å². The average molecular weight is 212 g/mol. The van der Waals surface area contributed by atoms with Crippen LogP contribution in [0.2, 0.25) is 0 Å². The second-order valence-electron chi connectivity index (χ2n) is 4.89. The number of hydrogen-bond acceptors (Lipinski definition) is 2. The summed E-state index contributed by atoms with van der Waals surface area (Å²) in [7, 11) is 0. The van der Waals surface area contributed by atoms with E-state index in [0.29, 0.717) is 12.3 Å². The Hall–Kier alpha value is -0.570. The smallest absolute Gasteiger partial charge is 0.222 e. The molecule has 0 radical (unpaired) electrons. The first kappa shape index (κ1) is 12.5. The zero-order valence-electron chi connectivity index (χ0n) is 10.5. The van der Waals surface area contributed by atoms with Gasteiger partial charge in [-0.15, -0.1) is 0 Å². The summed E-state index contributed by atoms with van der Waals surface area (Å²) >= 11 is 0. The molecule has 0 aromatic carbocycles. The molecule has 0 atom stereocenters. The van der Waals surface area contributed by atoms with E-state index in [9.17, 15) is 4.79 Å². The minimum atomic E-state index is 0.279. The van der Waals surface area contributed by atoms with Crippen molar-refractivity contribution in [3.63, 3.8) is 0 Å². The summed E-state index contributed by atoms with van der Waals surface area (Å²) in [4.78, 5) is 16.0. The van der Waals surface area contributed by atoms with E-state index >= 15 is 0 Å². The molecule has 1 heterocycles. The van der Waals surface area contributed by atoms with Crippen LogP contribution in [0, 0.1) is 0 Å². The molecule has 0 saturated carbocycles. The van der Waals surface area contributed by atoms with Crippen LogP contribution in [-0.2, 0) is 4.79 Å². The first-order chi connectivity index (χ1) is 7.01. The van der Waals surface area contributed by atoms with Gasteiger partial charge < -0.3 is 4.90 Å². The minimum Gasteiger partial charge on any atom is -0.340 e. The molecule has 0 bridgehead atoms. The summed E-state index contributed by atoms with van der Waals surface area (Å²) in [5.74, 6) is 0.295. The summed E-state index contributed by atoms with van der Waals surface area (Å²) in [5, 5.41) is 0. The number of carbonyl (C=O) groups is 1. The maximum absolute atomic E-state index is 11.5. The first-order valence-corrected chi connectivity index (χ1v) is 6.04.